The summed E-state index contributed by atoms with van der Waals surface area (Å²) in [6.07, 6.45) is 1.64. The first-order valence-electron chi connectivity index (χ1n) is 10.0. The highest BCUT2D eigenvalue weighted by Gasteiger charge is 2.26. The molecule has 0 aliphatic carbocycles. The Morgan fingerprint density at radius 1 is 1.06 bits per heavy atom. The van der Waals surface area contributed by atoms with Gasteiger partial charge in [0.05, 0.1) is 28.0 Å². The van der Waals surface area contributed by atoms with Crippen LogP contribution in [0.3, 0.4) is 0 Å². The number of para-hydroxylation sites is 1. The predicted molar refractivity (Wildman–Crippen MR) is 121 cm³/mol. The molecule has 2 aromatic carbocycles. The number of aromatic nitrogens is 2. The second-order valence-corrected chi connectivity index (χ2v) is 10.3. The molecule has 5 nitrogen and oxygen atoms in total. The maximum Gasteiger partial charge on any atom is 0.167 e. The van der Waals surface area contributed by atoms with E-state index in [4.69, 9.17) is 4.52 Å². The number of nitrogens with zero attached hydrogens (tertiary/aromatic N) is 2. The Bertz CT molecular complexity index is 1220. The molecule has 0 amide bonds. The SMILES string of the molecule is CC(C)(C)[S@](=O)N[C@@H](Cc1ccc(F)cn1)c1ccccc1-c1noc2ccccc12. The number of hydrogen-bond donors (Lipinski definition) is 1. The normalized spacial score (nSPS) is 13.9. The van der Waals surface area contributed by atoms with Crippen molar-refractivity contribution in [3.63, 3.8) is 0 Å². The first-order valence-corrected chi connectivity index (χ1v) is 11.2. The maximum absolute atomic E-state index is 13.4. The van der Waals surface area contributed by atoms with Crippen molar-refractivity contribution in [2.45, 2.75) is 38.0 Å². The van der Waals surface area contributed by atoms with Crippen LogP contribution >= 0.6 is 0 Å². The number of pyridine rings is 1. The maximum atomic E-state index is 13.4. The Morgan fingerprint density at radius 2 is 1.81 bits per heavy atom. The molecule has 0 fully saturated rings. The molecule has 160 valence electrons. The van der Waals surface area contributed by atoms with Crippen LogP contribution in [0.1, 0.15) is 38.1 Å². The van der Waals surface area contributed by atoms with E-state index in [1.54, 1.807) is 6.07 Å². The minimum Gasteiger partial charge on any atom is -0.356 e. The molecule has 1 N–H and O–H groups in total. The van der Waals surface area contributed by atoms with Gasteiger partial charge < -0.3 is 4.52 Å². The van der Waals surface area contributed by atoms with E-state index in [0.29, 0.717) is 17.7 Å². The molecule has 0 spiro atoms. The highest BCUT2D eigenvalue weighted by Crippen LogP contribution is 2.34. The molecule has 4 aromatic rings. The molecule has 7 heteroatoms. The van der Waals surface area contributed by atoms with Crippen LogP contribution in [-0.2, 0) is 17.4 Å². The van der Waals surface area contributed by atoms with Gasteiger partial charge >= 0.3 is 0 Å². The minimum atomic E-state index is -1.32. The number of hydrogen-bond acceptors (Lipinski definition) is 4. The summed E-state index contributed by atoms with van der Waals surface area (Å²) in [5, 5.41) is 5.22. The van der Waals surface area contributed by atoms with Gasteiger partial charge in [0, 0.05) is 23.1 Å². The van der Waals surface area contributed by atoms with Crippen LogP contribution in [0.25, 0.3) is 22.2 Å². The van der Waals surface area contributed by atoms with Gasteiger partial charge in [0.25, 0.3) is 0 Å². The van der Waals surface area contributed by atoms with E-state index in [2.05, 4.69) is 14.9 Å². The van der Waals surface area contributed by atoms with Crippen LogP contribution < -0.4 is 4.72 Å². The smallest absolute Gasteiger partial charge is 0.167 e. The lowest BCUT2D eigenvalue weighted by molar-refractivity contribution is 0.459. The highest BCUT2D eigenvalue weighted by molar-refractivity contribution is 7.84. The van der Waals surface area contributed by atoms with E-state index in [0.717, 1.165) is 22.2 Å². The molecular weight excluding hydrogens is 413 g/mol. The quantitative estimate of drug-likeness (QED) is 0.441. The van der Waals surface area contributed by atoms with Crippen LogP contribution in [0, 0.1) is 5.82 Å². The average molecular weight is 438 g/mol. The van der Waals surface area contributed by atoms with E-state index in [9.17, 15) is 8.60 Å². The summed E-state index contributed by atoms with van der Waals surface area (Å²) >= 11 is 0. The van der Waals surface area contributed by atoms with Crippen molar-refractivity contribution >= 4 is 22.0 Å². The van der Waals surface area contributed by atoms with Crippen molar-refractivity contribution in [2.24, 2.45) is 0 Å². The van der Waals surface area contributed by atoms with Gasteiger partial charge in [0.1, 0.15) is 11.5 Å². The summed E-state index contributed by atoms with van der Waals surface area (Å²) in [4.78, 5) is 4.21. The lowest BCUT2D eigenvalue weighted by atomic mass is 9.94. The largest absolute Gasteiger partial charge is 0.356 e. The van der Waals surface area contributed by atoms with E-state index in [1.165, 1.54) is 12.3 Å². The summed E-state index contributed by atoms with van der Waals surface area (Å²) in [6.45, 7) is 5.75. The van der Waals surface area contributed by atoms with E-state index < -0.39 is 15.7 Å². The van der Waals surface area contributed by atoms with Gasteiger partial charge in [-0.15, -0.1) is 0 Å². The molecule has 2 atom stereocenters. The van der Waals surface area contributed by atoms with Crippen molar-refractivity contribution in [3.8, 4) is 11.3 Å². The zero-order valence-electron chi connectivity index (χ0n) is 17.6. The molecule has 2 aromatic heterocycles. The first kappa shape index (κ1) is 21.3. The monoisotopic (exact) mass is 437 g/mol. The summed E-state index contributed by atoms with van der Waals surface area (Å²) in [7, 11) is -1.32. The number of benzene rings is 2. The van der Waals surface area contributed by atoms with Crippen molar-refractivity contribution in [1.29, 1.82) is 0 Å². The van der Waals surface area contributed by atoms with Crippen LogP contribution in [-0.4, -0.2) is 19.1 Å². The Hall–Kier alpha value is -2.90. The molecule has 0 radical (unpaired) electrons. The molecular formula is C24H24FN3O2S. The summed E-state index contributed by atoms with van der Waals surface area (Å²) < 4.78 is 34.7. The second kappa shape index (κ2) is 8.69. The second-order valence-electron chi connectivity index (χ2n) is 8.34. The third kappa shape index (κ3) is 4.73. The van der Waals surface area contributed by atoms with Crippen molar-refractivity contribution < 1.29 is 13.1 Å². The number of nitrogens with one attached hydrogen (secondary N) is 1. The molecule has 2 heterocycles. The molecule has 4 rings (SSSR count). The third-order valence-corrected chi connectivity index (χ3v) is 6.59. The van der Waals surface area contributed by atoms with Gasteiger partial charge in [-0.25, -0.2) is 13.3 Å². The summed E-state index contributed by atoms with van der Waals surface area (Å²) in [5.74, 6) is -0.388. The zero-order valence-corrected chi connectivity index (χ0v) is 18.4. The van der Waals surface area contributed by atoms with Crippen LogP contribution in [0.2, 0.25) is 0 Å². The van der Waals surface area contributed by atoms with Crippen molar-refractivity contribution in [2.75, 3.05) is 0 Å². The first-order chi connectivity index (χ1) is 14.8. The Balaban J connectivity index is 1.79. The van der Waals surface area contributed by atoms with Gasteiger partial charge in [-0.1, -0.05) is 41.6 Å². The summed E-state index contributed by atoms with van der Waals surface area (Å²) in [5.41, 5.74) is 3.94. The number of rotatable bonds is 6. The average Bonchev–Trinajstić information content (AvgIpc) is 3.18. The standard InChI is InChI=1S/C24H24FN3O2S/c1-24(2,3)31(29)28-21(14-17-13-12-16(25)15-26-17)18-8-4-5-9-19(18)23-20-10-6-7-11-22(20)30-27-23/h4-13,15,21,28H,14H2,1-3H3/t21-,31-/m0/s1. The van der Waals surface area contributed by atoms with E-state index >= 15 is 0 Å². The zero-order chi connectivity index (χ0) is 22.0. The molecule has 0 aliphatic rings. The third-order valence-electron chi connectivity index (χ3n) is 4.98. The summed E-state index contributed by atoms with van der Waals surface area (Å²) in [6, 6.07) is 18.2. The van der Waals surface area contributed by atoms with Gasteiger partial charge in [-0.3, -0.25) is 4.98 Å². The molecule has 0 unspecified atom stereocenters. The predicted octanol–water partition coefficient (Wildman–Crippen LogP) is 5.36. The topological polar surface area (TPSA) is 68.0 Å². The number of halogens is 1. The lowest BCUT2D eigenvalue weighted by Gasteiger charge is -2.26. The van der Waals surface area contributed by atoms with Crippen LogP contribution in [0.5, 0.6) is 0 Å². The molecule has 0 saturated carbocycles. The lowest BCUT2D eigenvalue weighted by Crippen LogP contribution is -2.36. The Kier molecular flexibility index (Phi) is 5.98. The number of fused-ring (bicyclic) bond motifs is 1. The van der Waals surface area contributed by atoms with E-state index in [1.807, 2.05) is 69.3 Å². The van der Waals surface area contributed by atoms with E-state index in [-0.39, 0.29) is 11.9 Å². The molecule has 31 heavy (non-hydrogen) atoms. The Morgan fingerprint density at radius 3 is 2.55 bits per heavy atom. The molecule has 0 aliphatic heterocycles. The van der Waals surface area contributed by atoms with Crippen molar-refractivity contribution in [3.05, 3.63) is 83.9 Å². The Labute approximate surface area is 183 Å². The fraction of sp³-hybridized carbons (Fsp3) is 0.250. The van der Waals surface area contributed by atoms with Gasteiger partial charge in [0.15, 0.2) is 5.58 Å². The van der Waals surface area contributed by atoms with Gasteiger partial charge in [0.2, 0.25) is 0 Å². The van der Waals surface area contributed by atoms with Gasteiger partial charge in [-0.2, -0.15) is 0 Å². The van der Waals surface area contributed by atoms with Crippen LogP contribution in [0.15, 0.2) is 71.4 Å². The highest BCUT2D eigenvalue weighted by atomic mass is 32.2. The fourth-order valence-electron chi connectivity index (χ4n) is 3.35. The van der Waals surface area contributed by atoms with Crippen molar-refractivity contribution in [1.82, 2.24) is 14.9 Å². The minimum absolute atomic E-state index is 0.329. The molecule has 0 bridgehead atoms. The van der Waals surface area contributed by atoms with Crippen LogP contribution in [0.4, 0.5) is 4.39 Å². The van der Waals surface area contributed by atoms with Gasteiger partial charge in [-0.05, 0) is 50.6 Å². The fourth-order valence-corrected chi connectivity index (χ4v) is 4.18. The molecule has 0 saturated heterocycles.